The molecule has 9 heteroatoms. The van der Waals surface area contributed by atoms with E-state index in [1.807, 2.05) is 24.3 Å². The highest BCUT2D eigenvalue weighted by Crippen LogP contribution is 2.38. The van der Waals surface area contributed by atoms with Crippen molar-refractivity contribution in [2.24, 2.45) is 0 Å². The van der Waals surface area contributed by atoms with E-state index >= 15 is 17.6 Å². The van der Waals surface area contributed by atoms with Gasteiger partial charge in [-0.05, 0) is 94.1 Å². The summed E-state index contributed by atoms with van der Waals surface area (Å²) < 4.78 is 121. The highest BCUT2D eigenvalue weighted by atomic mass is 19.3. The van der Waals surface area contributed by atoms with E-state index in [9.17, 15) is 17.6 Å². The predicted octanol–water partition coefficient (Wildman–Crippen LogP) is 12.5. The van der Waals surface area contributed by atoms with Crippen molar-refractivity contribution in [2.75, 3.05) is 0 Å². The summed E-state index contributed by atoms with van der Waals surface area (Å²) in [6.45, 7) is 2.14. The second-order valence-corrected chi connectivity index (χ2v) is 11.7. The zero-order valence-electron chi connectivity index (χ0n) is 26.1. The number of fused-ring (bicyclic) bond motifs is 1. The van der Waals surface area contributed by atoms with Crippen LogP contribution in [0.5, 0.6) is 5.75 Å². The molecule has 0 aliphatic carbocycles. The van der Waals surface area contributed by atoms with Crippen molar-refractivity contribution in [2.45, 2.75) is 38.7 Å². The van der Waals surface area contributed by atoms with Gasteiger partial charge in [-0.2, -0.15) is 13.2 Å². The second-order valence-electron chi connectivity index (χ2n) is 11.7. The standard InChI is InChI=1S/C40H28F8O/c1-2-3-4-5-23-6-8-24(9-7-23)25-14-16-30(17-15-25)40(47,48)49-34-19-18-31(36(43)38(34)45)27-12-10-26(11-13-27)28-20-29-22-33(42)37(44)39(46)35(29)32(41)21-28/h6-22H,2-5H2,1H3. The van der Waals surface area contributed by atoms with Crippen LogP contribution >= 0.6 is 0 Å². The number of ether oxygens (including phenoxy) is 1. The third-order valence-electron chi connectivity index (χ3n) is 8.42. The molecular weight excluding hydrogens is 648 g/mol. The van der Waals surface area contributed by atoms with Gasteiger partial charge in [0.2, 0.25) is 5.82 Å². The molecule has 0 spiro atoms. The minimum atomic E-state index is -3.98. The highest BCUT2D eigenvalue weighted by molar-refractivity contribution is 5.89. The highest BCUT2D eigenvalue weighted by Gasteiger charge is 2.36. The van der Waals surface area contributed by atoms with Gasteiger partial charge >= 0.3 is 6.11 Å². The van der Waals surface area contributed by atoms with E-state index in [0.717, 1.165) is 49.4 Å². The number of halogens is 8. The Morgan fingerprint density at radius 1 is 0.531 bits per heavy atom. The third-order valence-corrected chi connectivity index (χ3v) is 8.42. The van der Waals surface area contributed by atoms with E-state index in [1.54, 1.807) is 0 Å². The van der Waals surface area contributed by atoms with Gasteiger partial charge in [0.15, 0.2) is 29.0 Å². The van der Waals surface area contributed by atoms with Gasteiger partial charge in [-0.15, -0.1) is 0 Å². The van der Waals surface area contributed by atoms with Crippen LogP contribution in [0, 0.1) is 34.9 Å². The Hall–Kier alpha value is -5.18. The maximum absolute atomic E-state index is 15.2. The van der Waals surface area contributed by atoms with Crippen LogP contribution < -0.4 is 4.74 Å². The first-order chi connectivity index (χ1) is 23.5. The molecule has 0 aliphatic rings. The van der Waals surface area contributed by atoms with Crippen molar-refractivity contribution < 1.29 is 39.9 Å². The molecule has 0 atom stereocenters. The van der Waals surface area contributed by atoms with Crippen LogP contribution in [-0.2, 0) is 12.5 Å². The number of hydrogen-bond donors (Lipinski definition) is 0. The molecule has 6 aromatic carbocycles. The van der Waals surface area contributed by atoms with Crippen molar-refractivity contribution in [3.05, 3.63) is 149 Å². The summed E-state index contributed by atoms with van der Waals surface area (Å²) in [5.74, 6) is -10.1. The zero-order chi connectivity index (χ0) is 34.9. The van der Waals surface area contributed by atoms with E-state index in [-0.39, 0.29) is 22.1 Å². The fraction of sp³-hybridized carbons (Fsp3) is 0.150. The van der Waals surface area contributed by atoms with Crippen LogP contribution in [0.15, 0.2) is 103 Å². The lowest BCUT2D eigenvalue weighted by Crippen LogP contribution is -2.22. The minimum Gasteiger partial charge on any atom is -0.426 e. The topological polar surface area (TPSA) is 9.23 Å². The second kappa shape index (κ2) is 13.7. The molecule has 0 bridgehead atoms. The van der Waals surface area contributed by atoms with Crippen molar-refractivity contribution in [3.8, 4) is 39.1 Å². The van der Waals surface area contributed by atoms with Crippen LogP contribution in [0.1, 0.15) is 37.3 Å². The molecule has 1 nitrogen and oxygen atoms in total. The normalized spacial score (nSPS) is 11.7. The maximum atomic E-state index is 15.2. The number of rotatable bonds is 10. The number of hydrogen-bond acceptors (Lipinski definition) is 1. The first-order valence-corrected chi connectivity index (χ1v) is 15.6. The van der Waals surface area contributed by atoms with Gasteiger partial charge in [-0.3, -0.25) is 0 Å². The number of benzene rings is 6. The molecule has 49 heavy (non-hydrogen) atoms. The fourth-order valence-corrected chi connectivity index (χ4v) is 5.73. The van der Waals surface area contributed by atoms with Gasteiger partial charge in [-0.1, -0.05) is 80.4 Å². The summed E-state index contributed by atoms with van der Waals surface area (Å²) in [6.07, 6.45) is 0.356. The van der Waals surface area contributed by atoms with Crippen LogP contribution in [-0.4, -0.2) is 0 Å². The first kappa shape index (κ1) is 33.7. The molecule has 0 saturated carbocycles. The van der Waals surface area contributed by atoms with Crippen LogP contribution in [0.3, 0.4) is 0 Å². The summed E-state index contributed by atoms with van der Waals surface area (Å²) in [6, 6.07) is 23.7. The van der Waals surface area contributed by atoms with Gasteiger partial charge in [0.05, 0.1) is 10.9 Å². The summed E-state index contributed by atoms with van der Waals surface area (Å²) in [5, 5.41) is -0.921. The maximum Gasteiger partial charge on any atom is 0.426 e. The van der Waals surface area contributed by atoms with E-state index in [2.05, 4.69) is 11.7 Å². The molecule has 0 N–H and O–H groups in total. The number of aryl methyl sites for hydroxylation is 1. The fourth-order valence-electron chi connectivity index (χ4n) is 5.73. The van der Waals surface area contributed by atoms with Crippen LogP contribution in [0.25, 0.3) is 44.2 Å². The molecule has 0 aliphatic heterocycles. The predicted molar refractivity (Wildman–Crippen MR) is 174 cm³/mol. The average molecular weight is 677 g/mol. The van der Waals surface area contributed by atoms with E-state index in [1.165, 1.54) is 60.2 Å². The lowest BCUT2D eigenvalue weighted by atomic mass is 9.97. The SMILES string of the molecule is CCCCCc1ccc(-c2ccc(C(F)(F)Oc3ccc(-c4ccc(-c5cc(F)c6c(F)c(F)c(F)cc6c5)cc4)c(F)c3F)cc2)cc1. The van der Waals surface area contributed by atoms with E-state index in [4.69, 9.17) is 0 Å². The lowest BCUT2D eigenvalue weighted by molar-refractivity contribution is -0.187. The van der Waals surface area contributed by atoms with Gasteiger partial charge in [0.1, 0.15) is 5.82 Å². The zero-order valence-corrected chi connectivity index (χ0v) is 26.1. The minimum absolute atomic E-state index is 0.156. The largest absolute Gasteiger partial charge is 0.426 e. The molecule has 0 radical (unpaired) electrons. The summed E-state index contributed by atoms with van der Waals surface area (Å²) in [7, 11) is 0. The Bertz CT molecular complexity index is 2120. The smallest absolute Gasteiger partial charge is 0.426 e. The molecule has 0 heterocycles. The Morgan fingerprint density at radius 3 is 1.78 bits per heavy atom. The Balaban J connectivity index is 1.18. The average Bonchev–Trinajstić information content (AvgIpc) is 3.09. The molecule has 250 valence electrons. The van der Waals surface area contributed by atoms with Gasteiger partial charge in [-0.25, -0.2) is 22.0 Å². The van der Waals surface area contributed by atoms with E-state index in [0.29, 0.717) is 17.2 Å². The first-order valence-electron chi connectivity index (χ1n) is 15.6. The molecular formula is C40H28F8O. The third kappa shape index (κ3) is 6.88. The quantitative estimate of drug-likeness (QED) is 0.0797. The van der Waals surface area contributed by atoms with E-state index < -0.39 is 57.7 Å². The molecule has 0 aromatic heterocycles. The molecule has 6 aromatic rings. The lowest BCUT2D eigenvalue weighted by Gasteiger charge is -2.19. The Kier molecular flexibility index (Phi) is 9.45. The van der Waals surface area contributed by atoms with Crippen molar-refractivity contribution >= 4 is 10.8 Å². The number of unbranched alkanes of at least 4 members (excludes halogenated alkanes) is 2. The van der Waals surface area contributed by atoms with Crippen LogP contribution in [0.2, 0.25) is 0 Å². The summed E-state index contributed by atoms with van der Waals surface area (Å²) in [4.78, 5) is 0. The van der Waals surface area contributed by atoms with Crippen molar-refractivity contribution in [3.63, 3.8) is 0 Å². The summed E-state index contributed by atoms with van der Waals surface area (Å²) in [5.41, 5.74) is 2.63. The molecule has 0 fully saturated rings. The van der Waals surface area contributed by atoms with Crippen LogP contribution in [0.4, 0.5) is 35.1 Å². The Labute approximate surface area is 277 Å². The molecule has 6 rings (SSSR count). The Morgan fingerprint density at radius 2 is 1.12 bits per heavy atom. The number of alkyl halides is 2. The van der Waals surface area contributed by atoms with Gasteiger partial charge in [0, 0.05) is 5.56 Å². The van der Waals surface area contributed by atoms with Gasteiger partial charge < -0.3 is 4.74 Å². The van der Waals surface area contributed by atoms with Crippen molar-refractivity contribution in [1.82, 2.24) is 0 Å². The monoisotopic (exact) mass is 676 g/mol. The van der Waals surface area contributed by atoms with Gasteiger partial charge in [0.25, 0.3) is 0 Å². The molecule has 0 saturated heterocycles. The summed E-state index contributed by atoms with van der Waals surface area (Å²) >= 11 is 0. The molecule has 0 amide bonds. The van der Waals surface area contributed by atoms with Crippen molar-refractivity contribution in [1.29, 1.82) is 0 Å². The molecule has 0 unspecified atom stereocenters.